The van der Waals surface area contributed by atoms with Gasteiger partial charge in [0.05, 0.1) is 0 Å². The molecule has 3 rings (SSSR count). The first kappa shape index (κ1) is 20.1. The van der Waals surface area contributed by atoms with E-state index in [2.05, 4.69) is 20.9 Å². The highest BCUT2D eigenvalue weighted by Crippen LogP contribution is 2.25. The number of benzene rings is 2. The second-order valence-corrected chi connectivity index (χ2v) is 6.97. The fourth-order valence-electron chi connectivity index (χ4n) is 3.03. The number of anilines is 3. The van der Waals surface area contributed by atoms with Gasteiger partial charge in [0.25, 0.3) is 5.91 Å². The van der Waals surface area contributed by atoms with Crippen LogP contribution in [0.1, 0.15) is 22.8 Å². The molecule has 0 aliphatic carbocycles. The van der Waals surface area contributed by atoms with Crippen molar-refractivity contribution in [3.63, 3.8) is 0 Å². The van der Waals surface area contributed by atoms with Crippen LogP contribution in [0.25, 0.3) is 10.8 Å². The third kappa shape index (κ3) is 4.82. The van der Waals surface area contributed by atoms with Crippen LogP contribution in [-0.2, 0) is 0 Å². The molecular formula is C22H25N5O2. The largest absolute Gasteiger partial charge is 0.378 e. The van der Waals surface area contributed by atoms with E-state index in [0.717, 1.165) is 22.0 Å². The maximum Gasteiger partial charge on any atom is 0.320 e. The van der Waals surface area contributed by atoms with Crippen molar-refractivity contribution in [3.05, 3.63) is 59.8 Å². The monoisotopic (exact) mass is 391 g/mol. The Morgan fingerprint density at radius 2 is 1.86 bits per heavy atom. The Morgan fingerprint density at radius 1 is 1.07 bits per heavy atom. The van der Waals surface area contributed by atoms with Crippen LogP contribution in [0.15, 0.2) is 48.7 Å². The van der Waals surface area contributed by atoms with Crippen LogP contribution in [0, 0.1) is 6.92 Å². The van der Waals surface area contributed by atoms with Crippen molar-refractivity contribution >= 4 is 39.9 Å². The third-order valence-electron chi connectivity index (χ3n) is 4.51. The molecule has 29 heavy (non-hydrogen) atoms. The number of pyridine rings is 1. The number of nitrogens with zero attached hydrogens (tertiary/aromatic N) is 2. The first-order valence-electron chi connectivity index (χ1n) is 9.41. The van der Waals surface area contributed by atoms with Crippen molar-refractivity contribution in [2.75, 3.05) is 36.2 Å². The minimum atomic E-state index is -0.304. The van der Waals surface area contributed by atoms with Gasteiger partial charge in [-0.1, -0.05) is 6.07 Å². The number of carbonyl (C=O) groups excluding carboxylic acids is 2. The van der Waals surface area contributed by atoms with Gasteiger partial charge in [0.2, 0.25) is 0 Å². The van der Waals surface area contributed by atoms with Gasteiger partial charge in [-0.25, -0.2) is 9.78 Å². The predicted octanol–water partition coefficient (Wildman–Crippen LogP) is 4.00. The first-order chi connectivity index (χ1) is 13.9. The Bertz CT molecular complexity index is 1060. The lowest BCUT2D eigenvalue weighted by molar-refractivity contribution is 0.102. The van der Waals surface area contributed by atoms with E-state index in [4.69, 9.17) is 0 Å². The van der Waals surface area contributed by atoms with E-state index in [9.17, 15) is 9.59 Å². The van der Waals surface area contributed by atoms with E-state index in [1.807, 2.05) is 63.2 Å². The number of rotatable bonds is 5. The van der Waals surface area contributed by atoms with Crippen molar-refractivity contribution in [2.45, 2.75) is 13.8 Å². The minimum Gasteiger partial charge on any atom is -0.378 e. The summed E-state index contributed by atoms with van der Waals surface area (Å²) in [4.78, 5) is 30.7. The second kappa shape index (κ2) is 8.60. The van der Waals surface area contributed by atoms with Crippen LogP contribution in [0.5, 0.6) is 0 Å². The van der Waals surface area contributed by atoms with Gasteiger partial charge in [0.1, 0.15) is 5.82 Å². The summed E-state index contributed by atoms with van der Waals surface area (Å²) in [6, 6.07) is 12.7. The summed E-state index contributed by atoms with van der Waals surface area (Å²) in [5.41, 5.74) is 3.21. The molecule has 150 valence electrons. The summed E-state index contributed by atoms with van der Waals surface area (Å²) >= 11 is 0. The van der Waals surface area contributed by atoms with Crippen molar-refractivity contribution in [1.29, 1.82) is 0 Å². The summed E-state index contributed by atoms with van der Waals surface area (Å²) in [7, 11) is 3.87. The van der Waals surface area contributed by atoms with Gasteiger partial charge in [-0.2, -0.15) is 0 Å². The number of urea groups is 1. The summed E-state index contributed by atoms with van der Waals surface area (Å²) in [6.07, 6.45) is 1.72. The van der Waals surface area contributed by atoms with Gasteiger partial charge < -0.3 is 15.5 Å². The van der Waals surface area contributed by atoms with Gasteiger partial charge in [-0.05, 0) is 61.2 Å². The van der Waals surface area contributed by atoms with E-state index < -0.39 is 0 Å². The molecule has 0 spiro atoms. The predicted molar refractivity (Wildman–Crippen MR) is 118 cm³/mol. The van der Waals surface area contributed by atoms with Gasteiger partial charge in [-0.3, -0.25) is 10.1 Å². The van der Waals surface area contributed by atoms with Gasteiger partial charge >= 0.3 is 6.03 Å². The highest BCUT2D eigenvalue weighted by Gasteiger charge is 2.10. The molecule has 7 heteroatoms. The van der Waals surface area contributed by atoms with Gasteiger partial charge in [-0.15, -0.1) is 0 Å². The number of nitrogens with one attached hydrogen (secondary N) is 3. The van der Waals surface area contributed by atoms with E-state index in [1.54, 1.807) is 18.3 Å². The molecule has 1 aromatic heterocycles. The van der Waals surface area contributed by atoms with Gasteiger partial charge in [0, 0.05) is 49.2 Å². The molecule has 0 bridgehead atoms. The normalized spacial score (nSPS) is 10.5. The summed E-state index contributed by atoms with van der Waals surface area (Å²) in [5.74, 6) is 0.271. The Hall–Kier alpha value is -3.61. The number of carbonyl (C=O) groups is 2. The SMILES string of the molecule is CCNC(=O)Nc1cc2cc(NC(=O)c3cccc(N(C)C)c3)cc(C)c2cn1. The lowest BCUT2D eigenvalue weighted by Gasteiger charge is -2.14. The van der Waals surface area contributed by atoms with Crippen LogP contribution in [-0.4, -0.2) is 37.6 Å². The van der Waals surface area contributed by atoms with Crippen LogP contribution >= 0.6 is 0 Å². The lowest BCUT2D eigenvalue weighted by atomic mass is 10.1. The molecular weight excluding hydrogens is 366 g/mol. The van der Waals surface area contributed by atoms with Crippen molar-refractivity contribution in [2.24, 2.45) is 0 Å². The van der Waals surface area contributed by atoms with E-state index in [1.165, 1.54) is 0 Å². The molecule has 0 saturated carbocycles. The fourth-order valence-corrected chi connectivity index (χ4v) is 3.03. The zero-order chi connectivity index (χ0) is 21.0. The number of aromatic nitrogens is 1. The molecule has 2 aromatic carbocycles. The number of amides is 3. The zero-order valence-corrected chi connectivity index (χ0v) is 17.0. The molecule has 3 N–H and O–H groups in total. The topological polar surface area (TPSA) is 86.4 Å². The van der Waals surface area contributed by atoms with Crippen molar-refractivity contribution in [1.82, 2.24) is 10.3 Å². The molecule has 0 atom stereocenters. The number of hydrogen-bond acceptors (Lipinski definition) is 4. The number of aryl methyl sites for hydroxylation is 1. The van der Waals surface area contributed by atoms with Crippen LogP contribution in [0.2, 0.25) is 0 Å². The lowest BCUT2D eigenvalue weighted by Crippen LogP contribution is -2.28. The highest BCUT2D eigenvalue weighted by atomic mass is 16.2. The zero-order valence-electron chi connectivity index (χ0n) is 17.0. The Balaban J connectivity index is 1.86. The van der Waals surface area contributed by atoms with Crippen LogP contribution < -0.4 is 20.9 Å². The standard InChI is InChI=1S/C22H25N5O2/c1-5-23-22(29)26-20-12-16-10-17(9-14(2)19(16)13-24-20)25-21(28)15-7-6-8-18(11-15)27(3)4/h6-13H,5H2,1-4H3,(H,25,28)(H2,23,24,26,29). The Labute approximate surface area is 170 Å². The molecule has 3 amide bonds. The van der Waals surface area contributed by atoms with E-state index in [-0.39, 0.29) is 11.9 Å². The molecule has 1 heterocycles. The third-order valence-corrected chi connectivity index (χ3v) is 4.51. The van der Waals surface area contributed by atoms with Crippen molar-refractivity contribution < 1.29 is 9.59 Å². The molecule has 0 fully saturated rings. The number of hydrogen-bond donors (Lipinski definition) is 3. The first-order valence-corrected chi connectivity index (χ1v) is 9.41. The van der Waals surface area contributed by atoms with Crippen LogP contribution in [0.3, 0.4) is 0 Å². The van der Waals surface area contributed by atoms with E-state index in [0.29, 0.717) is 23.6 Å². The summed E-state index contributed by atoms with van der Waals surface area (Å²) in [5, 5.41) is 10.2. The van der Waals surface area contributed by atoms with Gasteiger partial charge in [0.15, 0.2) is 0 Å². The maximum absolute atomic E-state index is 12.7. The molecule has 0 unspecified atom stereocenters. The van der Waals surface area contributed by atoms with E-state index >= 15 is 0 Å². The molecule has 7 nitrogen and oxygen atoms in total. The summed E-state index contributed by atoms with van der Waals surface area (Å²) in [6.45, 7) is 4.34. The summed E-state index contributed by atoms with van der Waals surface area (Å²) < 4.78 is 0. The Kier molecular flexibility index (Phi) is 5.97. The molecule has 0 radical (unpaired) electrons. The average Bonchev–Trinajstić information content (AvgIpc) is 2.68. The highest BCUT2D eigenvalue weighted by molar-refractivity contribution is 6.06. The van der Waals surface area contributed by atoms with Crippen LogP contribution in [0.4, 0.5) is 22.0 Å². The molecule has 0 saturated heterocycles. The molecule has 3 aromatic rings. The Morgan fingerprint density at radius 3 is 2.59 bits per heavy atom. The average molecular weight is 391 g/mol. The maximum atomic E-state index is 12.7. The van der Waals surface area contributed by atoms with Crippen molar-refractivity contribution in [3.8, 4) is 0 Å². The second-order valence-electron chi connectivity index (χ2n) is 6.97. The fraction of sp³-hybridized carbons (Fsp3) is 0.227. The quantitative estimate of drug-likeness (QED) is 0.613. The molecule has 0 aliphatic heterocycles. The molecule has 0 aliphatic rings. The minimum absolute atomic E-state index is 0.179. The number of fused-ring (bicyclic) bond motifs is 1. The smallest absolute Gasteiger partial charge is 0.320 e.